The van der Waals surface area contributed by atoms with Crippen LogP contribution >= 0.6 is 0 Å². The van der Waals surface area contributed by atoms with Crippen LogP contribution in [0.2, 0.25) is 0 Å². The lowest BCUT2D eigenvalue weighted by Gasteiger charge is -2.35. The number of morpholine rings is 1. The SMILES string of the molecule is Cc1ccccc1C1CN(c2ncnc(-n3cccn3)c2N)CCO1. The topological polar surface area (TPSA) is 82.1 Å². The van der Waals surface area contributed by atoms with Gasteiger partial charge < -0.3 is 15.4 Å². The highest BCUT2D eigenvalue weighted by molar-refractivity contribution is 5.70. The van der Waals surface area contributed by atoms with Gasteiger partial charge in [-0.2, -0.15) is 5.10 Å². The molecule has 0 bridgehead atoms. The molecule has 1 atom stereocenters. The average molecular weight is 336 g/mol. The number of aryl methyl sites for hydroxylation is 1. The summed E-state index contributed by atoms with van der Waals surface area (Å²) in [4.78, 5) is 10.8. The quantitative estimate of drug-likeness (QED) is 0.789. The van der Waals surface area contributed by atoms with Gasteiger partial charge in [0.15, 0.2) is 11.6 Å². The first-order valence-corrected chi connectivity index (χ1v) is 8.26. The molecule has 1 aromatic carbocycles. The van der Waals surface area contributed by atoms with E-state index in [-0.39, 0.29) is 6.10 Å². The Morgan fingerprint density at radius 1 is 1.16 bits per heavy atom. The Bertz CT molecular complexity index is 864. The smallest absolute Gasteiger partial charge is 0.181 e. The van der Waals surface area contributed by atoms with Gasteiger partial charge in [-0.25, -0.2) is 14.6 Å². The third-order valence-electron chi connectivity index (χ3n) is 4.46. The van der Waals surface area contributed by atoms with Crippen molar-refractivity contribution in [1.29, 1.82) is 0 Å². The maximum absolute atomic E-state index is 6.35. The Morgan fingerprint density at radius 3 is 2.80 bits per heavy atom. The third-order valence-corrected chi connectivity index (χ3v) is 4.46. The minimum absolute atomic E-state index is 0.00234. The second-order valence-electron chi connectivity index (χ2n) is 6.05. The Balaban J connectivity index is 1.64. The second kappa shape index (κ2) is 6.52. The number of ether oxygens (including phenoxy) is 1. The van der Waals surface area contributed by atoms with Crippen molar-refractivity contribution in [3.05, 3.63) is 60.2 Å². The van der Waals surface area contributed by atoms with E-state index in [2.05, 4.69) is 39.0 Å². The molecule has 7 heteroatoms. The number of hydrogen-bond acceptors (Lipinski definition) is 6. The van der Waals surface area contributed by atoms with Gasteiger partial charge in [0, 0.05) is 25.5 Å². The van der Waals surface area contributed by atoms with E-state index in [4.69, 9.17) is 10.5 Å². The third kappa shape index (κ3) is 2.94. The molecule has 25 heavy (non-hydrogen) atoms. The van der Waals surface area contributed by atoms with E-state index >= 15 is 0 Å². The van der Waals surface area contributed by atoms with Crippen LogP contribution in [0.15, 0.2) is 49.1 Å². The highest BCUT2D eigenvalue weighted by atomic mass is 16.5. The average Bonchev–Trinajstić information content (AvgIpc) is 3.17. The van der Waals surface area contributed by atoms with E-state index in [9.17, 15) is 0 Å². The molecule has 1 saturated heterocycles. The van der Waals surface area contributed by atoms with E-state index in [0.29, 0.717) is 24.7 Å². The molecule has 0 radical (unpaired) electrons. The van der Waals surface area contributed by atoms with Crippen molar-refractivity contribution in [2.45, 2.75) is 13.0 Å². The Kier molecular flexibility index (Phi) is 4.07. The van der Waals surface area contributed by atoms with Crippen LogP contribution in [0, 0.1) is 6.92 Å². The van der Waals surface area contributed by atoms with Crippen LogP contribution in [0.25, 0.3) is 5.82 Å². The standard InChI is InChI=1S/C18H20N6O/c1-13-5-2-3-6-14(13)15-11-23(9-10-25-15)17-16(19)18(21-12-20-17)24-8-4-7-22-24/h2-8,12,15H,9-11,19H2,1H3. The lowest BCUT2D eigenvalue weighted by Crippen LogP contribution is -2.39. The number of aromatic nitrogens is 4. The van der Waals surface area contributed by atoms with Crippen LogP contribution in [-0.4, -0.2) is 39.4 Å². The molecular weight excluding hydrogens is 316 g/mol. The number of anilines is 2. The first-order valence-electron chi connectivity index (χ1n) is 8.26. The van der Waals surface area contributed by atoms with Crippen LogP contribution in [0.1, 0.15) is 17.2 Å². The van der Waals surface area contributed by atoms with Crippen LogP contribution in [0.5, 0.6) is 0 Å². The van der Waals surface area contributed by atoms with Gasteiger partial charge >= 0.3 is 0 Å². The molecule has 2 aromatic heterocycles. The van der Waals surface area contributed by atoms with Crippen LogP contribution in [-0.2, 0) is 4.74 Å². The predicted molar refractivity (Wildman–Crippen MR) is 95.7 cm³/mol. The van der Waals surface area contributed by atoms with Gasteiger partial charge in [0.25, 0.3) is 0 Å². The molecule has 128 valence electrons. The Morgan fingerprint density at radius 2 is 2.00 bits per heavy atom. The van der Waals surface area contributed by atoms with Crippen molar-refractivity contribution in [2.24, 2.45) is 0 Å². The normalized spacial score (nSPS) is 17.6. The molecule has 0 saturated carbocycles. The van der Waals surface area contributed by atoms with Crippen LogP contribution in [0.3, 0.4) is 0 Å². The molecule has 3 aromatic rings. The summed E-state index contributed by atoms with van der Waals surface area (Å²) in [6.07, 6.45) is 5.04. The first kappa shape index (κ1) is 15.6. The highest BCUT2D eigenvalue weighted by Crippen LogP contribution is 2.31. The zero-order valence-corrected chi connectivity index (χ0v) is 14.0. The molecule has 1 fully saturated rings. The number of rotatable bonds is 3. The fraction of sp³-hybridized carbons (Fsp3) is 0.278. The van der Waals surface area contributed by atoms with E-state index in [1.807, 2.05) is 24.4 Å². The van der Waals surface area contributed by atoms with Crippen molar-refractivity contribution in [1.82, 2.24) is 19.7 Å². The maximum atomic E-state index is 6.35. The summed E-state index contributed by atoms with van der Waals surface area (Å²) in [7, 11) is 0. The summed E-state index contributed by atoms with van der Waals surface area (Å²) in [6.45, 7) is 4.17. The summed E-state index contributed by atoms with van der Waals surface area (Å²) in [5.41, 5.74) is 9.30. The van der Waals surface area contributed by atoms with Gasteiger partial charge in [0.05, 0.1) is 6.61 Å². The van der Waals surface area contributed by atoms with Crippen molar-refractivity contribution in [3.8, 4) is 5.82 Å². The van der Waals surface area contributed by atoms with Gasteiger partial charge in [0.2, 0.25) is 0 Å². The van der Waals surface area contributed by atoms with Crippen LogP contribution in [0.4, 0.5) is 11.5 Å². The van der Waals surface area contributed by atoms with Crippen molar-refractivity contribution in [2.75, 3.05) is 30.3 Å². The van der Waals surface area contributed by atoms with E-state index < -0.39 is 0 Å². The number of nitrogen functional groups attached to an aromatic ring is 1. The minimum atomic E-state index is -0.00234. The largest absolute Gasteiger partial charge is 0.393 e. The fourth-order valence-corrected chi connectivity index (χ4v) is 3.18. The number of hydrogen-bond donors (Lipinski definition) is 1. The van der Waals surface area contributed by atoms with Gasteiger partial charge in [-0.1, -0.05) is 24.3 Å². The van der Waals surface area contributed by atoms with E-state index in [1.165, 1.54) is 17.5 Å². The molecule has 0 spiro atoms. The van der Waals surface area contributed by atoms with E-state index in [1.54, 1.807) is 10.9 Å². The number of nitrogens with two attached hydrogens (primary N) is 1. The molecule has 2 N–H and O–H groups in total. The molecule has 0 aliphatic carbocycles. The van der Waals surface area contributed by atoms with Gasteiger partial charge in [-0.3, -0.25) is 0 Å². The zero-order valence-electron chi connectivity index (χ0n) is 14.0. The molecule has 1 unspecified atom stereocenters. The summed E-state index contributed by atoms with van der Waals surface area (Å²) >= 11 is 0. The molecule has 4 rings (SSSR count). The summed E-state index contributed by atoms with van der Waals surface area (Å²) in [5, 5.41) is 4.21. The maximum Gasteiger partial charge on any atom is 0.181 e. The zero-order chi connectivity index (χ0) is 17.2. The molecule has 1 aliphatic heterocycles. The second-order valence-corrected chi connectivity index (χ2v) is 6.05. The van der Waals surface area contributed by atoms with Crippen molar-refractivity contribution < 1.29 is 4.74 Å². The fourth-order valence-electron chi connectivity index (χ4n) is 3.18. The van der Waals surface area contributed by atoms with Gasteiger partial charge in [0.1, 0.15) is 18.1 Å². The summed E-state index contributed by atoms with van der Waals surface area (Å²) in [6, 6.07) is 10.1. The van der Waals surface area contributed by atoms with Gasteiger partial charge in [-0.05, 0) is 24.1 Å². The minimum Gasteiger partial charge on any atom is -0.393 e. The summed E-state index contributed by atoms with van der Waals surface area (Å²) < 4.78 is 7.65. The predicted octanol–water partition coefficient (Wildman–Crippen LogP) is 2.13. The molecule has 0 amide bonds. The highest BCUT2D eigenvalue weighted by Gasteiger charge is 2.26. The Labute approximate surface area is 146 Å². The number of benzene rings is 1. The lowest BCUT2D eigenvalue weighted by atomic mass is 10.0. The van der Waals surface area contributed by atoms with Crippen LogP contribution < -0.4 is 10.6 Å². The van der Waals surface area contributed by atoms with Crippen molar-refractivity contribution in [3.63, 3.8) is 0 Å². The van der Waals surface area contributed by atoms with E-state index in [0.717, 1.165) is 12.4 Å². The molecule has 3 heterocycles. The van der Waals surface area contributed by atoms with Gasteiger partial charge in [-0.15, -0.1) is 0 Å². The molecular formula is C18H20N6O. The Hall–Kier alpha value is -2.93. The first-order chi connectivity index (χ1) is 12.2. The lowest BCUT2D eigenvalue weighted by molar-refractivity contribution is 0.0392. The summed E-state index contributed by atoms with van der Waals surface area (Å²) in [5.74, 6) is 1.32. The molecule has 1 aliphatic rings. The molecule has 7 nitrogen and oxygen atoms in total. The van der Waals surface area contributed by atoms with Crippen molar-refractivity contribution >= 4 is 11.5 Å². The number of nitrogens with zero attached hydrogens (tertiary/aromatic N) is 5. The monoisotopic (exact) mass is 336 g/mol.